The van der Waals surface area contributed by atoms with Crippen molar-refractivity contribution in [3.63, 3.8) is 0 Å². The first kappa shape index (κ1) is 14.5. The highest BCUT2D eigenvalue weighted by Gasteiger charge is 2.31. The fraction of sp³-hybridized carbons (Fsp3) is 0.923. The topological polar surface area (TPSA) is 75.4 Å². The van der Waals surface area contributed by atoms with Crippen LogP contribution in [0.5, 0.6) is 0 Å². The predicted molar refractivity (Wildman–Crippen MR) is 68.5 cm³/mol. The van der Waals surface area contributed by atoms with Crippen molar-refractivity contribution in [3.8, 4) is 0 Å². The predicted octanol–water partition coefficient (Wildman–Crippen LogP) is 1.32. The second kappa shape index (κ2) is 5.83. The minimum atomic E-state index is -0.832. The van der Waals surface area contributed by atoms with Crippen molar-refractivity contribution in [3.05, 3.63) is 0 Å². The molecule has 1 unspecified atom stereocenters. The number of carbonyl (C=O) groups is 1. The van der Waals surface area contributed by atoms with Gasteiger partial charge in [-0.1, -0.05) is 32.6 Å². The smallest absolute Gasteiger partial charge is 0.239 e. The van der Waals surface area contributed by atoms with E-state index < -0.39 is 11.1 Å². The SMILES string of the molecule is CCC(C)(N)C(=O)NCC1(O)CCCCCC1. The molecule has 0 aromatic rings. The normalized spacial score (nSPS) is 23.5. The van der Waals surface area contributed by atoms with E-state index in [1.54, 1.807) is 6.92 Å². The number of nitrogens with two attached hydrogens (primary N) is 1. The Morgan fingerprint density at radius 2 is 1.88 bits per heavy atom. The molecule has 0 aliphatic heterocycles. The number of carbonyl (C=O) groups excluding carboxylic acids is 1. The van der Waals surface area contributed by atoms with Gasteiger partial charge in [-0.2, -0.15) is 0 Å². The molecule has 0 heterocycles. The third-order valence-electron chi connectivity index (χ3n) is 3.87. The molecule has 1 amide bonds. The van der Waals surface area contributed by atoms with Crippen LogP contribution in [-0.2, 0) is 4.79 Å². The van der Waals surface area contributed by atoms with Crippen molar-refractivity contribution in [2.45, 2.75) is 69.9 Å². The molecule has 0 radical (unpaired) electrons. The molecule has 4 heteroatoms. The highest BCUT2D eigenvalue weighted by Crippen LogP contribution is 2.26. The lowest BCUT2D eigenvalue weighted by Gasteiger charge is -2.29. The van der Waals surface area contributed by atoms with Gasteiger partial charge in [-0.3, -0.25) is 4.79 Å². The molecule has 1 aliphatic carbocycles. The van der Waals surface area contributed by atoms with Crippen molar-refractivity contribution in [2.75, 3.05) is 6.54 Å². The number of amides is 1. The lowest BCUT2D eigenvalue weighted by Crippen LogP contribution is -2.54. The van der Waals surface area contributed by atoms with Crippen molar-refractivity contribution >= 4 is 5.91 Å². The van der Waals surface area contributed by atoms with E-state index in [2.05, 4.69) is 5.32 Å². The lowest BCUT2D eigenvalue weighted by molar-refractivity contribution is -0.127. The Hall–Kier alpha value is -0.610. The van der Waals surface area contributed by atoms with Gasteiger partial charge in [0.05, 0.1) is 11.1 Å². The molecule has 0 spiro atoms. The maximum Gasteiger partial charge on any atom is 0.239 e. The molecule has 1 rings (SSSR count). The molecule has 1 saturated carbocycles. The number of hydrogen-bond acceptors (Lipinski definition) is 3. The quantitative estimate of drug-likeness (QED) is 0.651. The first-order valence-electron chi connectivity index (χ1n) is 6.69. The highest BCUT2D eigenvalue weighted by molar-refractivity contribution is 5.85. The van der Waals surface area contributed by atoms with Crippen molar-refractivity contribution in [1.82, 2.24) is 5.32 Å². The molecule has 17 heavy (non-hydrogen) atoms. The molecule has 0 aromatic carbocycles. The Kier molecular flexibility index (Phi) is 4.95. The second-order valence-electron chi connectivity index (χ2n) is 5.59. The van der Waals surface area contributed by atoms with Gasteiger partial charge in [0.25, 0.3) is 0 Å². The van der Waals surface area contributed by atoms with E-state index in [0.29, 0.717) is 13.0 Å². The Morgan fingerprint density at radius 3 is 2.35 bits per heavy atom. The van der Waals surface area contributed by atoms with Crippen molar-refractivity contribution in [1.29, 1.82) is 0 Å². The van der Waals surface area contributed by atoms with Crippen LogP contribution in [0, 0.1) is 0 Å². The first-order valence-corrected chi connectivity index (χ1v) is 6.69. The van der Waals surface area contributed by atoms with Gasteiger partial charge in [-0.05, 0) is 26.2 Å². The maximum atomic E-state index is 11.8. The second-order valence-corrected chi connectivity index (χ2v) is 5.59. The summed E-state index contributed by atoms with van der Waals surface area (Å²) >= 11 is 0. The molecule has 1 fully saturated rings. The summed E-state index contributed by atoms with van der Waals surface area (Å²) in [5.74, 6) is -0.169. The Bertz CT molecular complexity index is 256. The van der Waals surface area contributed by atoms with Gasteiger partial charge in [-0.15, -0.1) is 0 Å². The summed E-state index contributed by atoms with van der Waals surface area (Å²) in [7, 11) is 0. The zero-order valence-electron chi connectivity index (χ0n) is 11.1. The van der Waals surface area contributed by atoms with Crippen LogP contribution in [0.2, 0.25) is 0 Å². The van der Waals surface area contributed by atoms with E-state index in [4.69, 9.17) is 5.73 Å². The van der Waals surface area contributed by atoms with Crippen LogP contribution in [0.15, 0.2) is 0 Å². The molecule has 4 nitrogen and oxygen atoms in total. The Labute approximate surface area is 104 Å². The monoisotopic (exact) mass is 242 g/mol. The molecule has 0 saturated heterocycles. The third-order valence-corrected chi connectivity index (χ3v) is 3.87. The standard InChI is InChI=1S/C13H26N2O2/c1-3-12(2,14)11(16)15-10-13(17)8-6-4-5-7-9-13/h17H,3-10,14H2,1-2H3,(H,15,16). The Morgan fingerprint density at radius 1 is 1.35 bits per heavy atom. The fourth-order valence-corrected chi connectivity index (χ4v) is 2.17. The summed E-state index contributed by atoms with van der Waals surface area (Å²) in [4.78, 5) is 11.8. The van der Waals surface area contributed by atoms with Crippen LogP contribution in [0.4, 0.5) is 0 Å². The molecule has 1 aliphatic rings. The molecule has 1 atom stereocenters. The fourth-order valence-electron chi connectivity index (χ4n) is 2.17. The summed E-state index contributed by atoms with van der Waals surface area (Å²) in [5.41, 5.74) is 4.30. The van der Waals surface area contributed by atoms with E-state index in [1.807, 2.05) is 6.92 Å². The minimum absolute atomic E-state index is 0.169. The van der Waals surface area contributed by atoms with Crippen LogP contribution in [0.3, 0.4) is 0 Å². The van der Waals surface area contributed by atoms with E-state index in [-0.39, 0.29) is 5.91 Å². The average Bonchev–Trinajstić information content (AvgIpc) is 2.51. The average molecular weight is 242 g/mol. The number of rotatable bonds is 4. The summed E-state index contributed by atoms with van der Waals surface area (Å²) in [6, 6.07) is 0. The van der Waals surface area contributed by atoms with Gasteiger partial charge < -0.3 is 16.2 Å². The van der Waals surface area contributed by atoms with Crippen LogP contribution in [-0.4, -0.2) is 28.7 Å². The zero-order valence-corrected chi connectivity index (χ0v) is 11.1. The number of hydrogen-bond donors (Lipinski definition) is 3. The summed E-state index contributed by atoms with van der Waals surface area (Å²) < 4.78 is 0. The maximum absolute atomic E-state index is 11.8. The van der Waals surface area contributed by atoms with E-state index >= 15 is 0 Å². The summed E-state index contributed by atoms with van der Waals surface area (Å²) in [5, 5.41) is 13.2. The van der Waals surface area contributed by atoms with E-state index in [1.165, 1.54) is 12.8 Å². The van der Waals surface area contributed by atoms with Gasteiger partial charge in [0.2, 0.25) is 5.91 Å². The van der Waals surface area contributed by atoms with E-state index in [0.717, 1.165) is 25.7 Å². The van der Waals surface area contributed by atoms with Crippen LogP contribution in [0.25, 0.3) is 0 Å². The lowest BCUT2D eigenvalue weighted by atomic mass is 9.93. The summed E-state index contributed by atoms with van der Waals surface area (Å²) in [6.07, 6.45) is 6.60. The number of nitrogens with one attached hydrogen (secondary N) is 1. The van der Waals surface area contributed by atoms with Crippen LogP contribution < -0.4 is 11.1 Å². The third kappa shape index (κ3) is 4.28. The van der Waals surface area contributed by atoms with Gasteiger partial charge >= 0.3 is 0 Å². The molecule has 100 valence electrons. The molecule has 0 aromatic heterocycles. The van der Waals surface area contributed by atoms with Crippen molar-refractivity contribution < 1.29 is 9.90 Å². The highest BCUT2D eigenvalue weighted by atomic mass is 16.3. The molecular weight excluding hydrogens is 216 g/mol. The van der Waals surface area contributed by atoms with Gasteiger partial charge in [0.1, 0.15) is 0 Å². The first-order chi connectivity index (χ1) is 7.90. The molecule has 4 N–H and O–H groups in total. The minimum Gasteiger partial charge on any atom is -0.388 e. The number of aliphatic hydroxyl groups is 1. The van der Waals surface area contributed by atoms with E-state index in [9.17, 15) is 9.90 Å². The zero-order chi connectivity index (χ0) is 12.9. The van der Waals surface area contributed by atoms with Gasteiger partial charge in [-0.25, -0.2) is 0 Å². The van der Waals surface area contributed by atoms with Gasteiger partial charge in [0, 0.05) is 6.54 Å². The van der Waals surface area contributed by atoms with Crippen LogP contribution >= 0.6 is 0 Å². The largest absolute Gasteiger partial charge is 0.388 e. The summed E-state index contributed by atoms with van der Waals surface area (Å²) in [6.45, 7) is 3.94. The van der Waals surface area contributed by atoms with Crippen LogP contribution in [0.1, 0.15) is 58.8 Å². The van der Waals surface area contributed by atoms with Gasteiger partial charge in [0.15, 0.2) is 0 Å². The van der Waals surface area contributed by atoms with Crippen molar-refractivity contribution in [2.24, 2.45) is 5.73 Å². The molecular formula is C13H26N2O2. The molecule has 0 bridgehead atoms. The Balaban J connectivity index is 2.46.